The van der Waals surface area contributed by atoms with Crippen LogP contribution in [0.1, 0.15) is 37.0 Å². The van der Waals surface area contributed by atoms with Crippen LogP contribution >= 0.6 is 0 Å². The van der Waals surface area contributed by atoms with Crippen LogP contribution in [0.15, 0.2) is 18.2 Å². The van der Waals surface area contributed by atoms with Crippen LogP contribution in [0, 0.1) is 11.7 Å². The smallest absolute Gasteiger partial charge is 0.253 e. The minimum absolute atomic E-state index is 0.0942. The van der Waals surface area contributed by atoms with Crippen LogP contribution in [-0.4, -0.2) is 23.7 Å². The lowest BCUT2D eigenvalue weighted by atomic mass is 9.96. The van der Waals surface area contributed by atoms with Gasteiger partial charge in [0, 0.05) is 6.54 Å². The molecule has 1 atom stereocenters. The maximum Gasteiger partial charge on any atom is 0.253 e. The number of rotatable bonds is 6. The lowest BCUT2D eigenvalue weighted by Gasteiger charge is -2.20. The first-order chi connectivity index (χ1) is 9.01. The van der Waals surface area contributed by atoms with Crippen LogP contribution in [0.3, 0.4) is 0 Å². The summed E-state index contributed by atoms with van der Waals surface area (Å²) in [5.74, 6) is -0.944. The number of hydrogen-bond donors (Lipinski definition) is 3. The topological polar surface area (TPSA) is 75.3 Å². The number of hydrogen-bond acceptors (Lipinski definition) is 3. The molecule has 1 aromatic rings. The summed E-state index contributed by atoms with van der Waals surface area (Å²) in [6, 6.07) is 4.08. The number of benzene rings is 1. The molecule has 1 amide bonds. The number of para-hydroxylation sites is 1. The number of nitrogens with one attached hydrogen (secondary N) is 1. The summed E-state index contributed by atoms with van der Waals surface area (Å²) in [4.78, 5) is 11.9. The third-order valence-corrected chi connectivity index (χ3v) is 3.36. The Kier molecular flexibility index (Phi) is 5.76. The Labute approximate surface area is 112 Å². The number of aliphatic hydroxyl groups is 1. The van der Waals surface area contributed by atoms with Crippen molar-refractivity contribution in [3.63, 3.8) is 0 Å². The van der Waals surface area contributed by atoms with Gasteiger partial charge in [-0.05, 0) is 18.1 Å². The van der Waals surface area contributed by atoms with Crippen LogP contribution in [0.5, 0.6) is 0 Å². The van der Waals surface area contributed by atoms with Crippen molar-refractivity contribution in [1.29, 1.82) is 0 Å². The molecule has 0 saturated heterocycles. The van der Waals surface area contributed by atoms with E-state index < -0.39 is 17.8 Å². The Morgan fingerprint density at radius 2 is 2.05 bits per heavy atom. The molecule has 0 spiro atoms. The molecule has 0 aliphatic heterocycles. The van der Waals surface area contributed by atoms with Crippen molar-refractivity contribution < 1.29 is 14.3 Å². The van der Waals surface area contributed by atoms with Crippen LogP contribution < -0.4 is 11.1 Å². The van der Waals surface area contributed by atoms with Crippen LogP contribution in [0.25, 0.3) is 0 Å². The summed E-state index contributed by atoms with van der Waals surface area (Å²) in [5.41, 5.74) is 5.43. The molecule has 1 unspecified atom stereocenters. The van der Waals surface area contributed by atoms with Crippen molar-refractivity contribution in [3.05, 3.63) is 29.6 Å². The molecular formula is C14H21FN2O2. The highest BCUT2D eigenvalue weighted by Crippen LogP contribution is 2.16. The van der Waals surface area contributed by atoms with Gasteiger partial charge >= 0.3 is 0 Å². The van der Waals surface area contributed by atoms with E-state index in [4.69, 9.17) is 5.73 Å². The van der Waals surface area contributed by atoms with E-state index in [1.165, 1.54) is 18.2 Å². The van der Waals surface area contributed by atoms with Crippen LogP contribution in [-0.2, 0) is 0 Å². The van der Waals surface area contributed by atoms with Crippen molar-refractivity contribution in [2.24, 2.45) is 5.92 Å². The molecule has 19 heavy (non-hydrogen) atoms. The number of anilines is 1. The van der Waals surface area contributed by atoms with Crippen LogP contribution in [0.4, 0.5) is 10.1 Å². The predicted molar refractivity (Wildman–Crippen MR) is 73.2 cm³/mol. The molecule has 4 N–H and O–H groups in total. The summed E-state index contributed by atoms with van der Waals surface area (Å²) >= 11 is 0. The standard InChI is InChI=1S/C14H21FN2O2/c1-3-9(4-2)12(18)8-17-14(19)10-6-5-7-11(15)13(10)16/h5-7,9,12,18H,3-4,8,16H2,1-2H3,(H,17,19). The summed E-state index contributed by atoms with van der Waals surface area (Å²) in [5, 5.41) is 12.5. The number of nitrogen functional groups attached to an aromatic ring is 1. The van der Waals surface area contributed by atoms with Crippen molar-refractivity contribution in [1.82, 2.24) is 5.32 Å². The molecule has 1 rings (SSSR count). The van der Waals surface area contributed by atoms with Gasteiger partial charge in [0.1, 0.15) is 5.82 Å². The average Bonchev–Trinajstić information content (AvgIpc) is 2.40. The fourth-order valence-corrected chi connectivity index (χ4v) is 2.03. The molecule has 0 fully saturated rings. The van der Waals surface area contributed by atoms with Gasteiger partial charge in [0.25, 0.3) is 5.91 Å². The second-order valence-electron chi connectivity index (χ2n) is 4.56. The number of carbonyl (C=O) groups excluding carboxylic acids is 1. The Hall–Kier alpha value is -1.62. The SMILES string of the molecule is CCC(CC)C(O)CNC(=O)c1cccc(F)c1N. The molecule has 5 heteroatoms. The third-order valence-electron chi connectivity index (χ3n) is 3.36. The number of nitrogens with two attached hydrogens (primary N) is 1. The minimum Gasteiger partial charge on any atom is -0.396 e. The van der Waals surface area contributed by atoms with Crippen molar-refractivity contribution in [3.8, 4) is 0 Å². The zero-order valence-corrected chi connectivity index (χ0v) is 11.3. The van der Waals surface area contributed by atoms with E-state index >= 15 is 0 Å². The Morgan fingerprint density at radius 3 is 2.63 bits per heavy atom. The predicted octanol–water partition coefficient (Wildman–Crippen LogP) is 1.93. The minimum atomic E-state index is -0.617. The normalized spacial score (nSPS) is 12.5. The highest BCUT2D eigenvalue weighted by atomic mass is 19.1. The van der Waals surface area contributed by atoms with E-state index in [2.05, 4.69) is 5.32 Å². The molecule has 106 valence electrons. The molecule has 0 bridgehead atoms. The first-order valence-electron chi connectivity index (χ1n) is 6.51. The van der Waals surface area contributed by atoms with E-state index in [1.807, 2.05) is 13.8 Å². The zero-order chi connectivity index (χ0) is 14.4. The molecule has 0 radical (unpaired) electrons. The van der Waals surface area contributed by atoms with Gasteiger partial charge < -0.3 is 16.2 Å². The molecule has 0 heterocycles. The Bertz CT molecular complexity index is 433. The number of amides is 1. The number of carbonyl (C=O) groups is 1. The van der Waals surface area contributed by atoms with Gasteiger partial charge in [-0.1, -0.05) is 32.8 Å². The average molecular weight is 268 g/mol. The number of aliphatic hydroxyl groups excluding tert-OH is 1. The van der Waals surface area contributed by atoms with Gasteiger partial charge in [0.15, 0.2) is 0 Å². The Balaban J connectivity index is 2.63. The quantitative estimate of drug-likeness (QED) is 0.690. The van der Waals surface area contributed by atoms with E-state index in [0.29, 0.717) is 0 Å². The fraction of sp³-hybridized carbons (Fsp3) is 0.500. The van der Waals surface area contributed by atoms with Crippen molar-refractivity contribution in [2.75, 3.05) is 12.3 Å². The Morgan fingerprint density at radius 1 is 1.42 bits per heavy atom. The highest BCUT2D eigenvalue weighted by molar-refractivity contribution is 5.99. The van der Waals surface area contributed by atoms with E-state index in [-0.39, 0.29) is 23.7 Å². The fourth-order valence-electron chi connectivity index (χ4n) is 2.03. The lowest BCUT2D eigenvalue weighted by Crippen LogP contribution is -2.36. The number of halogens is 1. The zero-order valence-electron chi connectivity index (χ0n) is 11.3. The molecule has 0 aliphatic carbocycles. The molecule has 0 aromatic heterocycles. The van der Waals surface area contributed by atoms with E-state index in [0.717, 1.165) is 12.8 Å². The molecule has 1 aromatic carbocycles. The van der Waals surface area contributed by atoms with Gasteiger partial charge in [-0.25, -0.2) is 4.39 Å². The lowest BCUT2D eigenvalue weighted by molar-refractivity contribution is 0.0817. The first kappa shape index (κ1) is 15.4. The first-order valence-corrected chi connectivity index (χ1v) is 6.51. The maximum absolute atomic E-state index is 13.2. The van der Waals surface area contributed by atoms with Crippen LogP contribution in [0.2, 0.25) is 0 Å². The highest BCUT2D eigenvalue weighted by Gasteiger charge is 2.18. The van der Waals surface area contributed by atoms with Crippen molar-refractivity contribution >= 4 is 11.6 Å². The van der Waals surface area contributed by atoms with E-state index in [9.17, 15) is 14.3 Å². The monoisotopic (exact) mass is 268 g/mol. The molecule has 4 nitrogen and oxygen atoms in total. The maximum atomic E-state index is 13.2. The van der Waals surface area contributed by atoms with Gasteiger partial charge in [-0.2, -0.15) is 0 Å². The largest absolute Gasteiger partial charge is 0.396 e. The summed E-state index contributed by atoms with van der Waals surface area (Å²) < 4.78 is 13.2. The second kappa shape index (κ2) is 7.09. The summed E-state index contributed by atoms with van der Waals surface area (Å²) in [7, 11) is 0. The molecule has 0 saturated carbocycles. The molecular weight excluding hydrogens is 247 g/mol. The van der Waals surface area contributed by atoms with Gasteiger partial charge in [0.2, 0.25) is 0 Å². The summed E-state index contributed by atoms with van der Waals surface area (Å²) in [6.07, 6.45) is 1.08. The van der Waals surface area contributed by atoms with Gasteiger partial charge in [-0.3, -0.25) is 4.79 Å². The second-order valence-corrected chi connectivity index (χ2v) is 4.56. The third kappa shape index (κ3) is 3.92. The molecule has 0 aliphatic rings. The van der Waals surface area contributed by atoms with Gasteiger partial charge in [0.05, 0.1) is 17.4 Å². The summed E-state index contributed by atoms with van der Waals surface area (Å²) in [6.45, 7) is 4.12. The van der Waals surface area contributed by atoms with E-state index in [1.54, 1.807) is 0 Å². The van der Waals surface area contributed by atoms with Gasteiger partial charge in [-0.15, -0.1) is 0 Å². The van der Waals surface area contributed by atoms with Crippen molar-refractivity contribution in [2.45, 2.75) is 32.8 Å².